The maximum absolute atomic E-state index is 13.6. The maximum atomic E-state index is 13.6. The standard InChI is InChI=1S/C30H39FN4O4.ClH/c1-22(2)21-38-26-9-5-24(6-10-26)20-35-27(19-23-3-7-25(31)8-4-23)30(39-29(35)37)11-14-33(15-12-30)17-18-34-16-13-32-28(34)36;/h3-10,22,27H,11-21H2,1-2H3,(H,32,36);1H. The van der Waals surface area contributed by atoms with Crippen LogP contribution < -0.4 is 10.1 Å². The van der Waals surface area contributed by atoms with Crippen LogP contribution in [0.25, 0.3) is 0 Å². The van der Waals surface area contributed by atoms with E-state index in [0.717, 1.165) is 55.9 Å². The number of carbonyl (C=O) groups is 2. The molecular weight excluding hydrogens is 535 g/mol. The molecule has 2 aromatic carbocycles. The Labute approximate surface area is 242 Å². The molecule has 5 rings (SSSR count). The summed E-state index contributed by atoms with van der Waals surface area (Å²) in [7, 11) is 0. The zero-order chi connectivity index (χ0) is 27.4. The van der Waals surface area contributed by atoms with E-state index in [0.29, 0.717) is 38.6 Å². The highest BCUT2D eigenvalue weighted by Gasteiger charge is 2.54. The molecule has 0 radical (unpaired) electrons. The van der Waals surface area contributed by atoms with E-state index in [1.165, 1.54) is 12.1 Å². The number of hydrogen-bond acceptors (Lipinski definition) is 5. The van der Waals surface area contributed by atoms with Crippen LogP contribution in [0.2, 0.25) is 0 Å². The molecule has 40 heavy (non-hydrogen) atoms. The number of amides is 3. The van der Waals surface area contributed by atoms with Crippen molar-refractivity contribution in [3.8, 4) is 5.75 Å². The minimum atomic E-state index is -0.604. The first-order valence-corrected chi connectivity index (χ1v) is 14.0. The highest BCUT2D eigenvalue weighted by Crippen LogP contribution is 2.41. The fourth-order valence-corrected chi connectivity index (χ4v) is 5.75. The number of ether oxygens (including phenoxy) is 2. The topological polar surface area (TPSA) is 74.3 Å². The molecule has 1 spiro atoms. The molecule has 3 fully saturated rings. The first kappa shape index (κ1) is 29.9. The molecule has 3 aliphatic heterocycles. The number of piperidine rings is 1. The van der Waals surface area contributed by atoms with Crippen LogP contribution in [0.1, 0.15) is 37.8 Å². The van der Waals surface area contributed by atoms with E-state index >= 15 is 0 Å². The second-order valence-corrected chi connectivity index (χ2v) is 11.3. The fraction of sp³-hybridized carbons (Fsp3) is 0.533. The van der Waals surface area contributed by atoms with Crippen molar-refractivity contribution in [1.29, 1.82) is 0 Å². The van der Waals surface area contributed by atoms with Crippen molar-refractivity contribution in [3.63, 3.8) is 0 Å². The SMILES string of the molecule is CC(C)COc1ccc(CN2C(=O)OC3(CCN(CCN4CCNC4=O)CC3)C2Cc2ccc(F)cc2)cc1.Cl. The van der Waals surface area contributed by atoms with Gasteiger partial charge in [0, 0.05) is 58.7 Å². The van der Waals surface area contributed by atoms with E-state index in [1.807, 2.05) is 34.1 Å². The molecule has 0 aliphatic carbocycles. The molecule has 1 N–H and O–H groups in total. The summed E-state index contributed by atoms with van der Waals surface area (Å²) in [5, 5.41) is 2.85. The Morgan fingerprint density at radius 2 is 1.68 bits per heavy atom. The second-order valence-electron chi connectivity index (χ2n) is 11.3. The predicted octanol–water partition coefficient (Wildman–Crippen LogP) is 4.71. The summed E-state index contributed by atoms with van der Waals surface area (Å²) < 4.78 is 25.6. The Morgan fingerprint density at radius 1 is 1.00 bits per heavy atom. The average Bonchev–Trinajstić information content (AvgIpc) is 3.44. The van der Waals surface area contributed by atoms with Crippen LogP contribution in [0.5, 0.6) is 5.75 Å². The summed E-state index contributed by atoms with van der Waals surface area (Å²) in [5.41, 5.74) is 1.38. The number of nitrogens with one attached hydrogen (secondary N) is 1. The van der Waals surface area contributed by atoms with Gasteiger partial charge in [0.05, 0.1) is 12.6 Å². The Hall–Kier alpha value is -3.04. The van der Waals surface area contributed by atoms with Crippen LogP contribution in [0, 0.1) is 11.7 Å². The molecule has 218 valence electrons. The molecule has 1 unspecified atom stereocenters. The summed E-state index contributed by atoms with van der Waals surface area (Å²) in [6.45, 7) is 9.83. The number of nitrogens with zero attached hydrogens (tertiary/aromatic N) is 3. The molecule has 3 aliphatic rings. The van der Waals surface area contributed by atoms with Crippen molar-refractivity contribution in [3.05, 3.63) is 65.5 Å². The molecule has 3 saturated heterocycles. The molecular formula is C30H40ClFN4O4. The van der Waals surface area contributed by atoms with Crippen molar-refractivity contribution >= 4 is 24.5 Å². The van der Waals surface area contributed by atoms with Crippen LogP contribution in [0.15, 0.2) is 48.5 Å². The highest BCUT2D eigenvalue weighted by atomic mass is 35.5. The van der Waals surface area contributed by atoms with Gasteiger partial charge < -0.3 is 24.6 Å². The van der Waals surface area contributed by atoms with Gasteiger partial charge in [-0.15, -0.1) is 12.4 Å². The van der Waals surface area contributed by atoms with Crippen LogP contribution in [0.4, 0.5) is 14.0 Å². The number of hydrogen-bond donors (Lipinski definition) is 1. The van der Waals surface area contributed by atoms with Crippen LogP contribution in [-0.2, 0) is 17.7 Å². The Morgan fingerprint density at radius 3 is 2.30 bits per heavy atom. The molecule has 0 aromatic heterocycles. The van der Waals surface area contributed by atoms with Gasteiger partial charge in [0.1, 0.15) is 17.2 Å². The number of carbonyl (C=O) groups excluding carboxylic acids is 2. The molecule has 3 amide bonds. The lowest BCUT2D eigenvalue weighted by Crippen LogP contribution is -2.54. The highest BCUT2D eigenvalue weighted by molar-refractivity contribution is 5.85. The maximum Gasteiger partial charge on any atom is 0.411 e. The lowest BCUT2D eigenvalue weighted by molar-refractivity contribution is -0.0224. The number of benzene rings is 2. The number of rotatable bonds is 10. The van der Waals surface area contributed by atoms with Crippen molar-refractivity contribution in [2.24, 2.45) is 5.92 Å². The Balaban J connectivity index is 0.00000370. The number of halogens is 2. The van der Waals surface area contributed by atoms with E-state index in [-0.39, 0.29) is 36.4 Å². The second kappa shape index (κ2) is 13.1. The van der Waals surface area contributed by atoms with E-state index in [2.05, 4.69) is 24.1 Å². The third kappa shape index (κ3) is 6.99. The quantitative estimate of drug-likeness (QED) is 0.445. The molecule has 0 bridgehead atoms. The molecule has 1 atom stereocenters. The van der Waals surface area contributed by atoms with Crippen molar-refractivity contribution < 1.29 is 23.5 Å². The van der Waals surface area contributed by atoms with E-state index in [9.17, 15) is 14.0 Å². The monoisotopic (exact) mass is 574 g/mol. The van der Waals surface area contributed by atoms with Gasteiger partial charge in [-0.2, -0.15) is 0 Å². The van der Waals surface area contributed by atoms with Gasteiger partial charge >= 0.3 is 12.1 Å². The molecule has 10 heteroatoms. The number of urea groups is 1. The van der Waals surface area contributed by atoms with Crippen molar-refractivity contribution in [1.82, 2.24) is 20.0 Å². The lowest BCUT2D eigenvalue weighted by atomic mass is 9.81. The number of likely N-dealkylation sites (tertiary alicyclic amines) is 1. The Kier molecular flexibility index (Phi) is 9.79. The predicted molar refractivity (Wildman–Crippen MR) is 153 cm³/mol. The first-order chi connectivity index (χ1) is 18.8. The van der Waals surface area contributed by atoms with Gasteiger partial charge in [-0.3, -0.25) is 4.90 Å². The van der Waals surface area contributed by atoms with Gasteiger partial charge in [-0.05, 0) is 47.7 Å². The summed E-state index contributed by atoms with van der Waals surface area (Å²) in [4.78, 5) is 31.3. The molecule has 0 saturated carbocycles. The van der Waals surface area contributed by atoms with Crippen LogP contribution in [-0.4, -0.2) is 84.3 Å². The lowest BCUT2D eigenvalue weighted by Gasteiger charge is -2.42. The van der Waals surface area contributed by atoms with E-state index in [1.54, 1.807) is 12.1 Å². The average molecular weight is 575 g/mol. The normalized spacial score (nSPS) is 20.6. The van der Waals surface area contributed by atoms with Gasteiger partial charge in [0.2, 0.25) is 0 Å². The zero-order valence-corrected chi connectivity index (χ0v) is 24.1. The van der Waals surface area contributed by atoms with Crippen molar-refractivity contribution in [2.45, 2.75) is 51.3 Å². The van der Waals surface area contributed by atoms with Crippen LogP contribution in [0.3, 0.4) is 0 Å². The fourth-order valence-electron chi connectivity index (χ4n) is 5.75. The van der Waals surface area contributed by atoms with E-state index in [4.69, 9.17) is 9.47 Å². The minimum absolute atomic E-state index is 0. The summed E-state index contributed by atoms with van der Waals surface area (Å²) >= 11 is 0. The zero-order valence-electron chi connectivity index (χ0n) is 23.3. The molecule has 2 aromatic rings. The van der Waals surface area contributed by atoms with Crippen LogP contribution >= 0.6 is 12.4 Å². The minimum Gasteiger partial charge on any atom is -0.493 e. The smallest absolute Gasteiger partial charge is 0.411 e. The summed E-state index contributed by atoms with van der Waals surface area (Å²) in [6.07, 6.45) is 1.73. The summed E-state index contributed by atoms with van der Waals surface area (Å²) in [6, 6.07) is 14.3. The molecule has 3 heterocycles. The van der Waals surface area contributed by atoms with Gasteiger partial charge in [0.25, 0.3) is 0 Å². The Bertz CT molecular complexity index is 1140. The molecule has 8 nitrogen and oxygen atoms in total. The third-order valence-electron chi connectivity index (χ3n) is 8.04. The summed E-state index contributed by atoms with van der Waals surface area (Å²) in [5.74, 6) is 0.983. The largest absolute Gasteiger partial charge is 0.493 e. The first-order valence-electron chi connectivity index (χ1n) is 14.0. The van der Waals surface area contributed by atoms with Gasteiger partial charge in [-0.1, -0.05) is 38.1 Å². The third-order valence-corrected chi connectivity index (χ3v) is 8.04. The van der Waals surface area contributed by atoms with Gasteiger partial charge in [-0.25, -0.2) is 14.0 Å². The van der Waals surface area contributed by atoms with Crippen molar-refractivity contribution in [2.75, 3.05) is 45.9 Å². The van der Waals surface area contributed by atoms with E-state index < -0.39 is 5.60 Å². The van der Waals surface area contributed by atoms with Gasteiger partial charge in [0.15, 0.2) is 0 Å².